The summed E-state index contributed by atoms with van der Waals surface area (Å²) in [5, 5.41) is 17.5. The first-order chi connectivity index (χ1) is 17.5. The van der Waals surface area contributed by atoms with Gasteiger partial charge in [-0.3, -0.25) is 29.4 Å². The number of ketones is 1. The Hall–Kier alpha value is -4.03. The Bertz CT molecular complexity index is 1030. The fourth-order valence-corrected chi connectivity index (χ4v) is 4.04. The van der Waals surface area contributed by atoms with Gasteiger partial charge < -0.3 is 31.9 Å². The van der Waals surface area contributed by atoms with Crippen LogP contribution < -0.4 is 27.0 Å². The van der Waals surface area contributed by atoms with Crippen LogP contribution in [-0.2, 0) is 19.2 Å². The van der Waals surface area contributed by atoms with Crippen molar-refractivity contribution in [2.45, 2.75) is 57.7 Å². The number of carbonyl (C=O) groups excluding carboxylic acids is 5. The molecular weight excluding hydrogens is 485 g/mol. The zero-order valence-electron chi connectivity index (χ0n) is 20.9. The number of Topliss-reactive ketones (excluding diaryl/α,β-unsaturated/α-hetero) is 1. The number of amides is 4. The Labute approximate surface area is 214 Å². The van der Waals surface area contributed by atoms with Gasteiger partial charge in [-0.15, -0.1) is 0 Å². The number of rotatable bonds is 12. The van der Waals surface area contributed by atoms with Crippen molar-refractivity contribution >= 4 is 41.1 Å². The quantitative estimate of drug-likeness (QED) is 0.128. The van der Waals surface area contributed by atoms with E-state index >= 15 is 0 Å². The molecule has 1 saturated heterocycles. The molecular formula is C24H34FN7O5. The first-order valence-corrected chi connectivity index (χ1v) is 12.0. The summed E-state index contributed by atoms with van der Waals surface area (Å²) in [6.07, 6.45) is 1.40. The van der Waals surface area contributed by atoms with Crippen LogP contribution in [0.25, 0.3) is 0 Å². The maximum Gasteiger partial charge on any atom is 0.251 e. The molecule has 1 aliphatic heterocycles. The zero-order chi connectivity index (χ0) is 27.5. The lowest BCUT2D eigenvalue weighted by Crippen LogP contribution is -2.54. The van der Waals surface area contributed by atoms with E-state index in [4.69, 9.17) is 11.1 Å². The summed E-state index contributed by atoms with van der Waals surface area (Å²) in [7, 11) is 0. The normalized spacial score (nSPS) is 16.3. The lowest BCUT2D eigenvalue weighted by atomic mass is 10.1. The second kappa shape index (κ2) is 13.9. The van der Waals surface area contributed by atoms with Crippen molar-refractivity contribution in [1.29, 1.82) is 5.41 Å². The molecule has 3 atom stereocenters. The van der Waals surface area contributed by atoms with E-state index < -0.39 is 48.3 Å². The highest BCUT2D eigenvalue weighted by atomic mass is 19.1. The Morgan fingerprint density at radius 1 is 1.22 bits per heavy atom. The SMILES string of the molecule is CC(=O)Nc1cccc(C(=O)N[C@@H](C)C(=O)N2CCC[C@H]2C(=O)N[C@@H](CCCNC(=N)N)C(=O)CF)c1. The number of nitrogens with zero attached hydrogens (tertiary/aromatic N) is 1. The molecule has 0 unspecified atom stereocenters. The van der Waals surface area contributed by atoms with Crippen molar-refractivity contribution in [2.24, 2.45) is 5.73 Å². The number of anilines is 1. The van der Waals surface area contributed by atoms with Crippen LogP contribution in [0.2, 0.25) is 0 Å². The van der Waals surface area contributed by atoms with Crippen LogP contribution in [0.15, 0.2) is 24.3 Å². The van der Waals surface area contributed by atoms with Crippen molar-refractivity contribution in [3.8, 4) is 0 Å². The summed E-state index contributed by atoms with van der Waals surface area (Å²) >= 11 is 0. The molecule has 0 spiro atoms. The molecule has 1 aromatic rings. The molecule has 0 saturated carbocycles. The predicted molar refractivity (Wildman–Crippen MR) is 134 cm³/mol. The van der Waals surface area contributed by atoms with Gasteiger partial charge in [-0.25, -0.2) is 4.39 Å². The van der Waals surface area contributed by atoms with Gasteiger partial charge in [0.2, 0.25) is 17.7 Å². The molecule has 1 heterocycles. The summed E-state index contributed by atoms with van der Waals surface area (Å²) in [4.78, 5) is 63.4. The van der Waals surface area contributed by atoms with Crippen molar-refractivity contribution in [3.05, 3.63) is 29.8 Å². The van der Waals surface area contributed by atoms with Crippen LogP contribution in [0.5, 0.6) is 0 Å². The topological polar surface area (TPSA) is 187 Å². The van der Waals surface area contributed by atoms with Crippen LogP contribution in [-0.4, -0.2) is 78.2 Å². The van der Waals surface area contributed by atoms with Crippen molar-refractivity contribution in [1.82, 2.24) is 20.9 Å². The van der Waals surface area contributed by atoms with Gasteiger partial charge in [-0.05, 0) is 50.8 Å². The summed E-state index contributed by atoms with van der Waals surface area (Å²) < 4.78 is 13.1. The minimum atomic E-state index is -1.25. The minimum Gasteiger partial charge on any atom is -0.370 e. The van der Waals surface area contributed by atoms with Crippen LogP contribution in [0.1, 0.15) is 49.9 Å². The first kappa shape index (κ1) is 29.2. The van der Waals surface area contributed by atoms with E-state index in [1.54, 1.807) is 12.1 Å². The van der Waals surface area contributed by atoms with Crippen molar-refractivity contribution < 1.29 is 28.4 Å². The highest BCUT2D eigenvalue weighted by molar-refractivity contribution is 6.00. The molecule has 0 aliphatic carbocycles. The molecule has 0 aromatic heterocycles. The third-order valence-electron chi connectivity index (χ3n) is 5.82. The lowest BCUT2D eigenvalue weighted by Gasteiger charge is -2.28. The maximum atomic E-state index is 13.1. The molecule has 7 N–H and O–H groups in total. The molecule has 4 amide bonds. The van der Waals surface area contributed by atoms with E-state index in [0.29, 0.717) is 31.5 Å². The summed E-state index contributed by atoms with van der Waals surface area (Å²) in [5.41, 5.74) is 5.89. The van der Waals surface area contributed by atoms with Crippen LogP contribution in [0.4, 0.5) is 10.1 Å². The van der Waals surface area contributed by atoms with Gasteiger partial charge in [0.15, 0.2) is 11.7 Å². The van der Waals surface area contributed by atoms with Gasteiger partial charge in [-0.1, -0.05) is 6.07 Å². The number of hydrogen-bond acceptors (Lipinski definition) is 6. The second-order valence-electron chi connectivity index (χ2n) is 8.79. The van der Waals surface area contributed by atoms with E-state index in [9.17, 15) is 28.4 Å². The molecule has 202 valence electrons. The molecule has 1 aromatic carbocycles. The summed E-state index contributed by atoms with van der Waals surface area (Å²) in [6.45, 7) is 2.17. The summed E-state index contributed by atoms with van der Waals surface area (Å²) in [5.74, 6) is -2.88. The number of carbonyl (C=O) groups is 5. The fourth-order valence-electron chi connectivity index (χ4n) is 4.04. The Morgan fingerprint density at radius 2 is 1.95 bits per heavy atom. The Morgan fingerprint density at radius 3 is 2.59 bits per heavy atom. The molecule has 12 nitrogen and oxygen atoms in total. The smallest absolute Gasteiger partial charge is 0.251 e. The number of hydrogen-bond donors (Lipinski definition) is 6. The van der Waals surface area contributed by atoms with E-state index in [1.165, 1.54) is 30.9 Å². The molecule has 13 heteroatoms. The first-order valence-electron chi connectivity index (χ1n) is 12.0. The highest BCUT2D eigenvalue weighted by Gasteiger charge is 2.37. The van der Waals surface area contributed by atoms with Gasteiger partial charge in [0.05, 0.1) is 6.04 Å². The standard InChI is InChI=1S/C24H34FN7O5/c1-14(29-21(35)16-6-3-7-17(12-16)30-15(2)33)23(37)32-11-5-9-19(32)22(36)31-18(20(34)13-25)8-4-10-28-24(26)27/h3,6-7,12,14,18-19H,4-5,8-11,13H2,1-2H3,(H,29,35)(H,30,33)(H,31,36)(H4,26,27,28)/t14-,18-,19-/m0/s1. The fraction of sp³-hybridized carbons (Fsp3) is 0.500. The average molecular weight is 520 g/mol. The van der Waals surface area contributed by atoms with Crippen LogP contribution >= 0.6 is 0 Å². The third kappa shape index (κ3) is 8.85. The van der Waals surface area contributed by atoms with Gasteiger partial charge in [0.1, 0.15) is 18.8 Å². The molecule has 37 heavy (non-hydrogen) atoms. The predicted octanol–water partition coefficient (Wildman–Crippen LogP) is 0.0410. The monoisotopic (exact) mass is 519 g/mol. The van der Waals surface area contributed by atoms with E-state index in [1.807, 2.05) is 0 Å². The lowest BCUT2D eigenvalue weighted by molar-refractivity contribution is -0.140. The zero-order valence-corrected chi connectivity index (χ0v) is 20.9. The Balaban J connectivity index is 2.00. The van der Waals surface area contributed by atoms with E-state index in [0.717, 1.165) is 0 Å². The van der Waals surface area contributed by atoms with Gasteiger partial charge >= 0.3 is 0 Å². The molecule has 2 rings (SSSR count). The molecule has 0 bridgehead atoms. The second-order valence-corrected chi connectivity index (χ2v) is 8.79. The maximum absolute atomic E-state index is 13.1. The largest absolute Gasteiger partial charge is 0.370 e. The number of nitrogens with two attached hydrogens (primary N) is 1. The van der Waals surface area contributed by atoms with Gasteiger partial charge in [0, 0.05) is 31.3 Å². The number of alkyl halides is 1. The van der Waals surface area contributed by atoms with Crippen LogP contribution in [0, 0.1) is 5.41 Å². The Kier molecular flexibility index (Phi) is 11.0. The van der Waals surface area contributed by atoms with E-state index in [-0.39, 0.29) is 30.4 Å². The molecule has 1 fully saturated rings. The van der Waals surface area contributed by atoms with Gasteiger partial charge in [0.25, 0.3) is 5.91 Å². The summed E-state index contributed by atoms with van der Waals surface area (Å²) in [6, 6.07) is 3.36. The van der Waals surface area contributed by atoms with Crippen molar-refractivity contribution in [3.63, 3.8) is 0 Å². The van der Waals surface area contributed by atoms with E-state index in [2.05, 4.69) is 21.3 Å². The molecule has 0 radical (unpaired) electrons. The third-order valence-corrected chi connectivity index (χ3v) is 5.82. The number of nitrogens with one attached hydrogen (secondary N) is 5. The number of halogens is 1. The molecule has 1 aliphatic rings. The number of likely N-dealkylation sites (tertiary alicyclic amines) is 1. The average Bonchev–Trinajstić information content (AvgIpc) is 3.34. The minimum absolute atomic E-state index is 0.138. The van der Waals surface area contributed by atoms with Crippen LogP contribution in [0.3, 0.4) is 0 Å². The van der Waals surface area contributed by atoms with Gasteiger partial charge in [-0.2, -0.15) is 0 Å². The number of benzene rings is 1. The van der Waals surface area contributed by atoms with Crippen molar-refractivity contribution in [2.75, 3.05) is 25.1 Å². The highest BCUT2D eigenvalue weighted by Crippen LogP contribution is 2.19. The number of guanidine groups is 1.